The molecule has 2 rings (SSSR count). The van der Waals surface area contributed by atoms with Crippen molar-refractivity contribution in [2.75, 3.05) is 12.3 Å². The minimum absolute atomic E-state index is 0.374. The van der Waals surface area contributed by atoms with Crippen molar-refractivity contribution in [3.63, 3.8) is 0 Å². The SMILES string of the molecule is CC1(CNCc2ccc(C#N)cc2Cl)CCCS1. The van der Waals surface area contributed by atoms with Gasteiger partial charge >= 0.3 is 0 Å². The van der Waals surface area contributed by atoms with Gasteiger partial charge in [-0.2, -0.15) is 17.0 Å². The third-order valence-electron chi connectivity index (χ3n) is 3.30. The Morgan fingerprint density at radius 1 is 1.56 bits per heavy atom. The standard InChI is InChI=1S/C14H17ClN2S/c1-14(5-2-6-18-14)10-17-9-12-4-3-11(8-16)7-13(12)15/h3-4,7,17H,2,5-6,9-10H2,1H3. The van der Waals surface area contributed by atoms with Gasteiger partial charge < -0.3 is 5.32 Å². The number of benzene rings is 1. The number of thioether (sulfide) groups is 1. The zero-order valence-electron chi connectivity index (χ0n) is 10.5. The maximum Gasteiger partial charge on any atom is 0.0992 e. The van der Waals surface area contributed by atoms with E-state index in [1.807, 2.05) is 12.1 Å². The highest BCUT2D eigenvalue weighted by Crippen LogP contribution is 2.37. The fraction of sp³-hybridized carbons (Fsp3) is 0.500. The molecule has 1 aliphatic rings. The Morgan fingerprint density at radius 2 is 2.39 bits per heavy atom. The summed E-state index contributed by atoms with van der Waals surface area (Å²) in [4.78, 5) is 0. The Kier molecular flexibility index (Phi) is 4.55. The maximum atomic E-state index is 8.78. The average molecular weight is 281 g/mol. The molecule has 1 aliphatic heterocycles. The highest BCUT2D eigenvalue weighted by molar-refractivity contribution is 8.00. The Labute approximate surface area is 118 Å². The minimum atomic E-state index is 0.374. The number of hydrogen-bond acceptors (Lipinski definition) is 3. The second-order valence-corrected chi connectivity index (χ2v) is 7.01. The molecule has 2 nitrogen and oxygen atoms in total. The smallest absolute Gasteiger partial charge is 0.0992 e. The topological polar surface area (TPSA) is 35.8 Å². The minimum Gasteiger partial charge on any atom is -0.311 e. The summed E-state index contributed by atoms with van der Waals surface area (Å²) in [6, 6.07) is 7.56. The van der Waals surface area contributed by atoms with Gasteiger partial charge in [-0.25, -0.2) is 0 Å². The third kappa shape index (κ3) is 3.41. The molecule has 0 saturated carbocycles. The molecule has 1 saturated heterocycles. The van der Waals surface area contributed by atoms with Crippen LogP contribution < -0.4 is 5.32 Å². The van der Waals surface area contributed by atoms with Crippen molar-refractivity contribution < 1.29 is 0 Å². The molecule has 0 radical (unpaired) electrons. The summed E-state index contributed by atoms with van der Waals surface area (Å²) < 4.78 is 0.374. The first-order valence-electron chi connectivity index (χ1n) is 6.16. The third-order valence-corrected chi connectivity index (χ3v) is 5.19. The average Bonchev–Trinajstić information content (AvgIpc) is 2.78. The Balaban J connectivity index is 1.89. The number of rotatable bonds is 4. The monoisotopic (exact) mass is 280 g/mol. The van der Waals surface area contributed by atoms with Gasteiger partial charge in [0.15, 0.2) is 0 Å². The molecule has 1 heterocycles. The van der Waals surface area contributed by atoms with Crippen molar-refractivity contribution >= 4 is 23.4 Å². The lowest BCUT2D eigenvalue weighted by atomic mass is 10.1. The van der Waals surface area contributed by atoms with Crippen LogP contribution in [-0.4, -0.2) is 17.0 Å². The summed E-state index contributed by atoms with van der Waals surface area (Å²) in [6.07, 6.45) is 2.60. The molecule has 96 valence electrons. The van der Waals surface area contributed by atoms with Crippen molar-refractivity contribution in [2.24, 2.45) is 0 Å². The zero-order chi connectivity index (χ0) is 13.0. The van der Waals surface area contributed by atoms with Gasteiger partial charge in [-0.1, -0.05) is 17.7 Å². The van der Waals surface area contributed by atoms with Crippen molar-refractivity contribution in [3.8, 4) is 6.07 Å². The summed E-state index contributed by atoms with van der Waals surface area (Å²) >= 11 is 8.19. The summed E-state index contributed by atoms with van der Waals surface area (Å²) in [5, 5.41) is 12.9. The second-order valence-electron chi connectivity index (χ2n) is 4.92. The number of nitriles is 1. The van der Waals surface area contributed by atoms with E-state index in [0.717, 1.165) is 18.7 Å². The molecule has 0 aliphatic carbocycles. The fourth-order valence-corrected chi connectivity index (χ4v) is 3.72. The van der Waals surface area contributed by atoms with Crippen LogP contribution in [0.5, 0.6) is 0 Å². The number of hydrogen-bond donors (Lipinski definition) is 1. The van der Waals surface area contributed by atoms with E-state index in [1.165, 1.54) is 18.6 Å². The van der Waals surface area contributed by atoms with E-state index >= 15 is 0 Å². The molecule has 1 atom stereocenters. The number of halogens is 1. The van der Waals surface area contributed by atoms with Gasteiger partial charge in [-0.3, -0.25) is 0 Å². The quantitative estimate of drug-likeness (QED) is 0.916. The molecule has 0 spiro atoms. The van der Waals surface area contributed by atoms with Crippen LogP contribution in [0.15, 0.2) is 18.2 Å². The lowest BCUT2D eigenvalue weighted by molar-refractivity contribution is 0.537. The summed E-state index contributed by atoms with van der Waals surface area (Å²) in [5.41, 5.74) is 1.67. The van der Waals surface area contributed by atoms with Crippen molar-refractivity contribution in [1.29, 1.82) is 5.26 Å². The lowest BCUT2D eigenvalue weighted by Crippen LogP contribution is -2.32. The molecule has 18 heavy (non-hydrogen) atoms. The molecule has 1 N–H and O–H groups in total. The predicted octanol–water partition coefficient (Wildman–Crippen LogP) is 3.59. The van der Waals surface area contributed by atoms with E-state index in [4.69, 9.17) is 16.9 Å². The van der Waals surface area contributed by atoms with Crippen LogP contribution in [0, 0.1) is 11.3 Å². The van der Waals surface area contributed by atoms with Crippen LogP contribution in [0.1, 0.15) is 30.9 Å². The van der Waals surface area contributed by atoms with E-state index in [-0.39, 0.29) is 0 Å². The molecular formula is C14H17ClN2S. The van der Waals surface area contributed by atoms with Gasteiger partial charge in [0.1, 0.15) is 0 Å². The molecule has 1 aromatic rings. The van der Waals surface area contributed by atoms with Crippen LogP contribution in [0.2, 0.25) is 5.02 Å². The first-order valence-corrected chi connectivity index (χ1v) is 7.52. The first kappa shape index (κ1) is 13.7. The highest BCUT2D eigenvalue weighted by atomic mass is 35.5. The van der Waals surface area contributed by atoms with Gasteiger partial charge in [0.25, 0.3) is 0 Å². The largest absolute Gasteiger partial charge is 0.311 e. The van der Waals surface area contributed by atoms with E-state index in [1.54, 1.807) is 6.07 Å². The highest BCUT2D eigenvalue weighted by Gasteiger charge is 2.28. The molecular weight excluding hydrogens is 264 g/mol. The number of nitrogens with zero attached hydrogens (tertiary/aromatic N) is 1. The van der Waals surface area contributed by atoms with E-state index < -0.39 is 0 Å². The maximum absolute atomic E-state index is 8.78. The van der Waals surface area contributed by atoms with Crippen LogP contribution in [0.25, 0.3) is 0 Å². The van der Waals surface area contributed by atoms with E-state index in [9.17, 15) is 0 Å². The molecule has 0 aromatic heterocycles. The van der Waals surface area contributed by atoms with Gasteiger partial charge in [0.2, 0.25) is 0 Å². The fourth-order valence-electron chi connectivity index (χ4n) is 2.20. The van der Waals surface area contributed by atoms with Gasteiger partial charge in [0, 0.05) is 22.9 Å². The first-order chi connectivity index (χ1) is 8.63. The van der Waals surface area contributed by atoms with Crippen molar-refractivity contribution in [1.82, 2.24) is 5.32 Å². The zero-order valence-corrected chi connectivity index (χ0v) is 12.1. The van der Waals surface area contributed by atoms with Crippen LogP contribution >= 0.6 is 23.4 Å². The van der Waals surface area contributed by atoms with E-state index in [0.29, 0.717) is 15.3 Å². The predicted molar refractivity (Wildman–Crippen MR) is 78.0 cm³/mol. The Hall–Kier alpha value is -0.690. The number of nitrogens with one attached hydrogen (secondary N) is 1. The molecule has 0 amide bonds. The van der Waals surface area contributed by atoms with Crippen LogP contribution in [0.4, 0.5) is 0 Å². The second kappa shape index (κ2) is 5.97. The van der Waals surface area contributed by atoms with Crippen molar-refractivity contribution in [3.05, 3.63) is 34.3 Å². The molecule has 0 bridgehead atoms. The van der Waals surface area contributed by atoms with Gasteiger partial charge in [-0.05, 0) is 43.2 Å². The summed E-state index contributed by atoms with van der Waals surface area (Å²) in [6.45, 7) is 4.09. The normalized spacial score (nSPS) is 22.9. The molecule has 1 fully saturated rings. The van der Waals surface area contributed by atoms with Gasteiger partial charge in [-0.15, -0.1) is 0 Å². The molecule has 1 aromatic carbocycles. The van der Waals surface area contributed by atoms with Crippen LogP contribution in [0.3, 0.4) is 0 Å². The molecule has 1 unspecified atom stereocenters. The summed E-state index contributed by atoms with van der Waals surface area (Å²) in [7, 11) is 0. The Bertz CT molecular complexity index is 461. The summed E-state index contributed by atoms with van der Waals surface area (Å²) in [5.74, 6) is 1.27. The van der Waals surface area contributed by atoms with E-state index in [2.05, 4.69) is 30.1 Å². The molecule has 4 heteroatoms. The van der Waals surface area contributed by atoms with Gasteiger partial charge in [0.05, 0.1) is 11.6 Å². The van der Waals surface area contributed by atoms with Crippen LogP contribution in [-0.2, 0) is 6.54 Å². The van der Waals surface area contributed by atoms with Crippen molar-refractivity contribution in [2.45, 2.75) is 31.1 Å². The lowest BCUT2D eigenvalue weighted by Gasteiger charge is -2.23. The Morgan fingerprint density at radius 3 is 3.00 bits per heavy atom.